The van der Waals surface area contributed by atoms with Gasteiger partial charge in [-0.2, -0.15) is 11.3 Å². The molecule has 2 aromatic carbocycles. The van der Waals surface area contributed by atoms with Gasteiger partial charge in [-0.05, 0) is 96.6 Å². The average Bonchev–Trinajstić information content (AvgIpc) is 3.51. The summed E-state index contributed by atoms with van der Waals surface area (Å²) in [5.41, 5.74) is 3.80. The number of aromatic nitrogens is 1. The number of aromatic carboxylic acids is 1. The highest BCUT2D eigenvalue weighted by molar-refractivity contribution is 7.07. The van der Waals surface area contributed by atoms with Crippen molar-refractivity contribution in [2.24, 2.45) is 0 Å². The van der Waals surface area contributed by atoms with Gasteiger partial charge in [0.25, 0.3) is 0 Å². The molecule has 4 aromatic rings. The molecule has 1 aliphatic heterocycles. The number of carboxylic acids is 1. The Morgan fingerprint density at radius 1 is 1.11 bits per heavy atom. The number of fused-ring (bicyclic) bond motifs is 1. The molecular weight excluding hydrogens is 463 g/mol. The number of para-hydroxylation sites is 1. The van der Waals surface area contributed by atoms with Crippen LogP contribution in [0, 0.1) is 5.82 Å². The van der Waals surface area contributed by atoms with Crippen LogP contribution in [0.4, 0.5) is 4.39 Å². The maximum atomic E-state index is 14.1. The third-order valence-corrected chi connectivity index (χ3v) is 7.64. The second kappa shape index (κ2) is 10.6. The van der Waals surface area contributed by atoms with Crippen molar-refractivity contribution in [2.75, 3.05) is 26.2 Å². The van der Waals surface area contributed by atoms with Gasteiger partial charge in [-0.25, -0.2) is 9.18 Å². The minimum Gasteiger partial charge on any atom is -0.491 e. The first-order chi connectivity index (χ1) is 17.1. The van der Waals surface area contributed by atoms with Gasteiger partial charge in [0.2, 0.25) is 0 Å². The number of halogens is 1. The zero-order valence-corrected chi connectivity index (χ0v) is 20.3. The lowest BCUT2D eigenvalue weighted by atomic mass is 9.89. The van der Waals surface area contributed by atoms with Gasteiger partial charge in [0.1, 0.15) is 23.7 Å². The van der Waals surface area contributed by atoms with E-state index in [2.05, 4.69) is 32.5 Å². The third kappa shape index (κ3) is 5.41. The molecule has 0 aliphatic carbocycles. The number of carboxylic acid groups (broad SMARTS) is 1. The van der Waals surface area contributed by atoms with E-state index in [-0.39, 0.29) is 11.4 Å². The van der Waals surface area contributed by atoms with Gasteiger partial charge < -0.3 is 14.4 Å². The van der Waals surface area contributed by atoms with Crippen molar-refractivity contribution in [3.8, 4) is 5.75 Å². The number of likely N-dealkylation sites (tertiary alicyclic amines) is 1. The van der Waals surface area contributed by atoms with Gasteiger partial charge in [0.05, 0.1) is 5.52 Å². The van der Waals surface area contributed by atoms with E-state index >= 15 is 0 Å². The molecule has 2 aromatic heterocycles. The molecule has 5 rings (SSSR count). The summed E-state index contributed by atoms with van der Waals surface area (Å²) in [4.78, 5) is 13.7. The fourth-order valence-electron chi connectivity index (χ4n) is 5.01. The zero-order valence-electron chi connectivity index (χ0n) is 19.5. The molecule has 1 N–H and O–H groups in total. The number of aryl methyl sites for hydroxylation is 2. The summed E-state index contributed by atoms with van der Waals surface area (Å²) in [5.74, 6) is -0.318. The molecule has 0 atom stereocenters. The summed E-state index contributed by atoms with van der Waals surface area (Å²) in [6.07, 6.45) is 5.24. The normalized spacial score (nSPS) is 15.0. The second-order valence-corrected chi connectivity index (χ2v) is 9.87. The average molecular weight is 493 g/mol. The topological polar surface area (TPSA) is 54.7 Å². The highest BCUT2D eigenvalue weighted by Crippen LogP contribution is 2.35. The molecule has 1 aliphatic rings. The highest BCUT2D eigenvalue weighted by atomic mass is 32.1. The number of piperidine rings is 1. The molecule has 7 heteroatoms. The summed E-state index contributed by atoms with van der Waals surface area (Å²) < 4.78 is 22.1. The SMILES string of the molecule is O=C(O)c1ccccc1OCCN1CCC(c2cn(CCc3ccsc3)c3cc(F)ccc23)CC1. The second-order valence-electron chi connectivity index (χ2n) is 9.09. The summed E-state index contributed by atoms with van der Waals surface area (Å²) in [6.45, 7) is 3.96. The largest absolute Gasteiger partial charge is 0.491 e. The van der Waals surface area contributed by atoms with Crippen molar-refractivity contribution >= 4 is 28.2 Å². The predicted octanol–water partition coefficient (Wildman–Crippen LogP) is 6.04. The van der Waals surface area contributed by atoms with Gasteiger partial charge in [-0.15, -0.1) is 0 Å². The van der Waals surface area contributed by atoms with E-state index in [0.29, 0.717) is 18.3 Å². The van der Waals surface area contributed by atoms with E-state index in [1.165, 1.54) is 11.1 Å². The molecule has 0 amide bonds. The molecule has 1 saturated heterocycles. The van der Waals surface area contributed by atoms with E-state index < -0.39 is 5.97 Å². The van der Waals surface area contributed by atoms with Gasteiger partial charge in [-0.1, -0.05) is 12.1 Å². The van der Waals surface area contributed by atoms with Crippen LogP contribution in [0.1, 0.15) is 40.2 Å². The Balaban J connectivity index is 1.21. The van der Waals surface area contributed by atoms with Gasteiger partial charge in [-0.3, -0.25) is 4.90 Å². The van der Waals surface area contributed by atoms with E-state index in [9.17, 15) is 14.3 Å². The van der Waals surface area contributed by atoms with Crippen molar-refractivity contribution in [3.63, 3.8) is 0 Å². The molecule has 0 radical (unpaired) electrons. The van der Waals surface area contributed by atoms with E-state index in [0.717, 1.165) is 56.3 Å². The predicted molar refractivity (Wildman–Crippen MR) is 137 cm³/mol. The van der Waals surface area contributed by atoms with Crippen molar-refractivity contribution < 1.29 is 19.0 Å². The number of hydrogen-bond acceptors (Lipinski definition) is 4. The van der Waals surface area contributed by atoms with Crippen LogP contribution >= 0.6 is 11.3 Å². The Hall–Kier alpha value is -3.16. The Kier molecular flexibility index (Phi) is 7.16. The monoisotopic (exact) mass is 492 g/mol. The van der Waals surface area contributed by atoms with Crippen LogP contribution in [0.5, 0.6) is 5.75 Å². The summed E-state index contributed by atoms with van der Waals surface area (Å²) in [5, 5.41) is 14.7. The molecule has 0 bridgehead atoms. The van der Waals surface area contributed by atoms with Gasteiger partial charge >= 0.3 is 5.97 Å². The molecule has 0 saturated carbocycles. The van der Waals surface area contributed by atoms with Crippen LogP contribution in [0.15, 0.2) is 65.5 Å². The van der Waals surface area contributed by atoms with Crippen molar-refractivity contribution in [3.05, 3.63) is 88.0 Å². The Bertz CT molecular complexity index is 1290. The lowest BCUT2D eigenvalue weighted by molar-refractivity contribution is 0.0691. The first-order valence-corrected chi connectivity index (χ1v) is 13.0. The van der Waals surface area contributed by atoms with Crippen molar-refractivity contribution in [1.29, 1.82) is 0 Å². The fourth-order valence-corrected chi connectivity index (χ4v) is 5.71. The van der Waals surface area contributed by atoms with Crippen LogP contribution in [0.25, 0.3) is 10.9 Å². The van der Waals surface area contributed by atoms with Crippen LogP contribution in [-0.4, -0.2) is 46.8 Å². The van der Waals surface area contributed by atoms with Crippen LogP contribution in [0.2, 0.25) is 0 Å². The third-order valence-electron chi connectivity index (χ3n) is 6.91. The zero-order chi connectivity index (χ0) is 24.2. The fraction of sp³-hybridized carbons (Fsp3) is 0.321. The Morgan fingerprint density at radius 2 is 1.94 bits per heavy atom. The smallest absolute Gasteiger partial charge is 0.339 e. The standard InChI is InChI=1S/C28H29FN2O3S/c29-22-5-6-23-25(18-31(26(23)17-22)13-7-20-10-16-35-19-20)21-8-11-30(12-9-21)14-15-34-27-4-2-1-3-24(27)28(32)33/h1-6,10,16-19,21H,7-9,11-15H2,(H,32,33). The molecule has 3 heterocycles. The Labute approximate surface area is 208 Å². The molecular formula is C28H29FN2O3S. The van der Waals surface area contributed by atoms with Crippen LogP contribution < -0.4 is 4.74 Å². The molecule has 0 spiro atoms. The van der Waals surface area contributed by atoms with Crippen molar-refractivity contribution in [2.45, 2.75) is 31.7 Å². The van der Waals surface area contributed by atoms with Crippen molar-refractivity contribution in [1.82, 2.24) is 9.47 Å². The molecule has 182 valence electrons. The minimum atomic E-state index is -0.976. The van der Waals surface area contributed by atoms with E-state index in [1.807, 2.05) is 6.07 Å². The number of ether oxygens (including phenoxy) is 1. The minimum absolute atomic E-state index is 0.193. The number of thiophene rings is 1. The lowest BCUT2D eigenvalue weighted by Crippen LogP contribution is -2.35. The lowest BCUT2D eigenvalue weighted by Gasteiger charge is -2.31. The number of nitrogens with zero attached hydrogens (tertiary/aromatic N) is 2. The van der Waals surface area contributed by atoms with Crippen LogP contribution in [0.3, 0.4) is 0 Å². The molecule has 0 unspecified atom stereocenters. The quantitative estimate of drug-likeness (QED) is 0.309. The summed E-state index contributed by atoms with van der Waals surface area (Å²) in [7, 11) is 0. The molecule has 1 fully saturated rings. The molecule has 35 heavy (non-hydrogen) atoms. The van der Waals surface area contributed by atoms with Gasteiger partial charge in [0.15, 0.2) is 0 Å². The highest BCUT2D eigenvalue weighted by Gasteiger charge is 2.24. The summed E-state index contributed by atoms with van der Waals surface area (Å²) in [6, 6.07) is 14.1. The molecule has 5 nitrogen and oxygen atoms in total. The number of hydrogen-bond donors (Lipinski definition) is 1. The van der Waals surface area contributed by atoms with E-state index in [4.69, 9.17) is 4.74 Å². The maximum absolute atomic E-state index is 14.1. The number of carbonyl (C=O) groups is 1. The maximum Gasteiger partial charge on any atom is 0.339 e. The first-order valence-electron chi connectivity index (χ1n) is 12.1. The van der Waals surface area contributed by atoms with Gasteiger partial charge in [0, 0.05) is 24.7 Å². The first kappa shape index (κ1) is 23.6. The summed E-state index contributed by atoms with van der Waals surface area (Å²) >= 11 is 1.71. The number of benzene rings is 2. The van der Waals surface area contributed by atoms with E-state index in [1.54, 1.807) is 47.7 Å². The van der Waals surface area contributed by atoms with Crippen LogP contribution in [-0.2, 0) is 13.0 Å². The number of rotatable bonds is 9. The Morgan fingerprint density at radius 3 is 2.71 bits per heavy atom.